The zero-order chi connectivity index (χ0) is 7.82. The minimum absolute atomic E-state index is 0.154. The van der Waals surface area contributed by atoms with E-state index >= 15 is 0 Å². The van der Waals surface area contributed by atoms with Crippen molar-refractivity contribution in [3.05, 3.63) is 0 Å². The topological polar surface area (TPSA) is 58.9 Å². The van der Waals surface area contributed by atoms with Gasteiger partial charge in [-0.3, -0.25) is 0 Å². The summed E-state index contributed by atoms with van der Waals surface area (Å²) >= 11 is 0. The first kappa shape index (κ1) is 9.40. The Bertz CT molecular complexity index is 119. The first-order valence-electron chi connectivity index (χ1n) is 2.91. The highest BCUT2D eigenvalue weighted by Gasteiger charge is 2.04. The van der Waals surface area contributed by atoms with Crippen LogP contribution in [0.1, 0.15) is 19.8 Å². The summed E-state index contributed by atoms with van der Waals surface area (Å²) in [5.41, 5.74) is 0. The average molecular weight is 146 g/mol. The van der Waals surface area contributed by atoms with Crippen LogP contribution in [0.25, 0.3) is 0 Å². The van der Waals surface area contributed by atoms with Crippen LogP contribution >= 0.6 is 0 Å². The van der Waals surface area contributed by atoms with Gasteiger partial charge in [0.25, 0.3) is 0 Å². The third kappa shape index (κ3) is 4.30. The summed E-state index contributed by atoms with van der Waals surface area (Å²) in [7, 11) is 0. The Morgan fingerprint density at radius 1 is 1.30 bits per heavy atom. The van der Waals surface area contributed by atoms with E-state index in [0.29, 0.717) is 0 Å². The SMILES string of the molecule is CCC#CCC(OO)OO. The highest BCUT2D eigenvalue weighted by Crippen LogP contribution is 1.94. The Morgan fingerprint density at radius 3 is 2.30 bits per heavy atom. The predicted octanol–water partition coefficient (Wildman–Crippen LogP) is 1.10. The third-order valence-electron chi connectivity index (χ3n) is 0.806. The zero-order valence-corrected chi connectivity index (χ0v) is 5.70. The number of rotatable bonds is 3. The maximum atomic E-state index is 7.97. The molecule has 0 saturated heterocycles. The quantitative estimate of drug-likeness (QED) is 0.271. The van der Waals surface area contributed by atoms with Gasteiger partial charge in [0, 0.05) is 6.42 Å². The molecule has 2 N–H and O–H groups in total. The monoisotopic (exact) mass is 146 g/mol. The molecule has 10 heavy (non-hydrogen) atoms. The fourth-order valence-electron chi connectivity index (χ4n) is 0.374. The van der Waals surface area contributed by atoms with Gasteiger partial charge in [-0.15, -0.1) is 5.92 Å². The van der Waals surface area contributed by atoms with Crippen molar-refractivity contribution in [1.29, 1.82) is 0 Å². The molecule has 0 unspecified atom stereocenters. The molecule has 0 bridgehead atoms. The van der Waals surface area contributed by atoms with Gasteiger partial charge >= 0.3 is 0 Å². The van der Waals surface area contributed by atoms with Crippen molar-refractivity contribution < 1.29 is 20.3 Å². The fraction of sp³-hybridized carbons (Fsp3) is 0.667. The summed E-state index contributed by atoms with van der Waals surface area (Å²) in [4.78, 5) is 7.34. The Hall–Kier alpha value is -0.600. The minimum Gasteiger partial charge on any atom is -0.249 e. The number of hydrogen-bond donors (Lipinski definition) is 2. The van der Waals surface area contributed by atoms with Crippen LogP contribution in [0.15, 0.2) is 0 Å². The van der Waals surface area contributed by atoms with Crippen molar-refractivity contribution in [3.63, 3.8) is 0 Å². The Morgan fingerprint density at radius 2 is 1.90 bits per heavy atom. The zero-order valence-electron chi connectivity index (χ0n) is 5.70. The van der Waals surface area contributed by atoms with Crippen LogP contribution in [0.3, 0.4) is 0 Å². The van der Waals surface area contributed by atoms with E-state index in [1.54, 1.807) is 0 Å². The van der Waals surface area contributed by atoms with Gasteiger partial charge in [-0.1, -0.05) is 12.8 Å². The second-order valence-electron chi connectivity index (χ2n) is 1.55. The van der Waals surface area contributed by atoms with E-state index in [0.717, 1.165) is 6.42 Å². The molecule has 0 aliphatic rings. The molecule has 0 atom stereocenters. The standard InChI is InChI=1S/C6H10O4/c1-2-3-4-5-6(9-7)10-8/h6-8H,2,5H2,1H3. The molecule has 58 valence electrons. The van der Waals surface area contributed by atoms with Gasteiger partial charge in [0.15, 0.2) is 0 Å². The molecule has 0 heterocycles. The molecular formula is C6H10O4. The van der Waals surface area contributed by atoms with Crippen molar-refractivity contribution in [3.8, 4) is 11.8 Å². The molecule has 0 rings (SSSR count). The minimum atomic E-state index is -1.06. The van der Waals surface area contributed by atoms with Crippen LogP contribution in [0, 0.1) is 11.8 Å². The Labute approximate surface area is 59.2 Å². The van der Waals surface area contributed by atoms with Crippen molar-refractivity contribution >= 4 is 0 Å². The molecule has 0 aromatic rings. The smallest absolute Gasteiger partial charge is 0.234 e. The van der Waals surface area contributed by atoms with E-state index in [1.165, 1.54) is 0 Å². The van der Waals surface area contributed by atoms with Crippen molar-refractivity contribution in [2.24, 2.45) is 0 Å². The molecule has 0 fully saturated rings. The molecule has 0 aromatic heterocycles. The molecule has 0 aliphatic heterocycles. The maximum Gasteiger partial charge on any atom is 0.234 e. The van der Waals surface area contributed by atoms with Gasteiger partial charge in [-0.25, -0.2) is 20.3 Å². The van der Waals surface area contributed by atoms with Gasteiger partial charge in [0.1, 0.15) is 0 Å². The molecular weight excluding hydrogens is 136 g/mol. The summed E-state index contributed by atoms with van der Waals surface area (Å²) < 4.78 is 0. The second kappa shape index (κ2) is 6.52. The second-order valence-corrected chi connectivity index (χ2v) is 1.55. The van der Waals surface area contributed by atoms with E-state index in [9.17, 15) is 0 Å². The molecule has 4 nitrogen and oxygen atoms in total. The molecule has 0 amide bonds. The fourth-order valence-corrected chi connectivity index (χ4v) is 0.374. The van der Waals surface area contributed by atoms with Crippen LogP contribution in [0.2, 0.25) is 0 Å². The molecule has 0 saturated carbocycles. The third-order valence-corrected chi connectivity index (χ3v) is 0.806. The normalized spacial score (nSPS) is 9.20. The highest BCUT2D eigenvalue weighted by molar-refractivity contribution is 4.98. The summed E-state index contributed by atoms with van der Waals surface area (Å²) in [6, 6.07) is 0. The van der Waals surface area contributed by atoms with Gasteiger partial charge < -0.3 is 0 Å². The number of hydrogen-bond acceptors (Lipinski definition) is 4. The summed E-state index contributed by atoms with van der Waals surface area (Å²) in [6.45, 7) is 1.89. The van der Waals surface area contributed by atoms with E-state index in [4.69, 9.17) is 10.5 Å². The Balaban J connectivity index is 3.43. The Kier molecular flexibility index (Phi) is 6.13. The van der Waals surface area contributed by atoms with Crippen LogP contribution < -0.4 is 0 Å². The predicted molar refractivity (Wildman–Crippen MR) is 33.9 cm³/mol. The molecule has 0 radical (unpaired) electrons. The van der Waals surface area contributed by atoms with Crippen LogP contribution in [0.4, 0.5) is 0 Å². The van der Waals surface area contributed by atoms with Gasteiger partial charge in [-0.05, 0) is 0 Å². The lowest BCUT2D eigenvalue weighted by molar-refractivity contribution is -0.429. The molecule has 0 aliphatic carbocycles. The van der Waals surface area contributed by atoms with E-state index < -0.39 is 6.29 Å². The highest BCUT2D eigenvalue weighted by atomic mass is 17.2. The first-order valence-corrected chi connectivity index (χ1v) is 2.91. The summed E-state index contributed by atoms with van der Waals surface area (Å²) in [5, 5.41) is 15.9. The van der Waals surface area contributed by atoms with E-state index in [2.05, 4.69) is 21.6 Å². The lowest BCUT2D eigenvalue weighted by atomic mass is 10.4. The van der Waals surface area contributed by atoms with Crippen LogP contribution in [-0.2, 0) is 9.78 Å². The van der Waals surface area contributed by atoms with E-state index in [-0.39, 0.29) is 6.42 Å². The van der Waals surface area contributed by atoms with Gasteiger partial charge in [0.05, 0.1) is 6.42 Å². The molecule has 0 aromatic carbocycles. The average Bonchev–Trinajstić information content (AvgIpc) is 1.99. The largest absolute Gasteiger partial charge is 0.249 e. The lowest BCUT2D eigenvalue weighted by Crippen LogP contribution is -2.11. The lowest BCUT2D eigenvalue weighted by Gasteiger charge is -2.02. The van der Waals surface area contributed by atoms with Crippen LogP contribution in [0.5, 0.6) is 0 Å². The maximum absolute atomic E-state index is 7.97. The van der Waals surface area contributed by atoms with Crippen LogP contribution in [-0.4, -0.2) is 16.8 Å². The molecule has 4 heteroatoms. The summed E-state index contributed by atoms with van der Waals surface area (Å²) in [5.74, 6) is 5.33. The van der Waals surface area contributed by atoms with Crippen molar-refractivity contribution in [2.75, 3.05) is 0 Å². The first-order chi connectivity index (χ1) is 4.85. The summed E-state index contributed by atoms with van der Waals surface area (Å²) in [6.07, 6.45) is -0.177. The van der Waals surface area contributed by atoms with Crippen molar-refractivity contribution in [2.45, 2.75) is 26.1 Å². The van der Waals surface area contributed by atoms with Gasteiger partial charge in [-0.2, -0.15) is 0 Å². The van der Waals surface area contributed by atoms with Crippen molar-refractivity contribution in [1.82, 2.24) is 0 Å². The molecule has 0 spiro atoms. The van der Waals surface area contributed by atoms with Gasteiger partial charge in [0.2, 0.25) is 6.29 Å². The van der Waals surface area contributed by atoms with E-state index in [1.807, 2.05) is 6.92 Å².